The smallest absolute Gasteiger partial charge is 0.347 e. The molecule has 5 nitrogen and oxygen atoms in total. The lowest BCUT2D eigenvalue weighted by Gasteiger charge is -2.05. The van der Waals surface area contributed by atoms with Gasteiger partial charge < -0.3 is 12.5 Å². The molecule has 0 saturated carbocycles. The number of benzene rings is 4. The van der Waals surface area contributed by atoms with Crippen LogP contribution in [0.25, 0.3) is 55.8 Å². The van der Waals surface area contributed by atoms with Crippen LogP contribution in [0.4, 0.5) is 0 Å². The topological polar surface area (TPSA) is 68.1 Å². The van der Waals surface area contributed by atoms with Crippen molar-refractivity contribution >= 4 is 50.9 Å². The van der Waals surface area contributed by atoms with Gasteiger partial charge in [-0.1, -0.05) is 54.6 Å². The van der Waals surface area contributed by atoms with Crippen molar-refractivity contribution in [2.24, 2.45) is 0 Å². The molecule has 0 spiro atoms. The first-order valence-corrected chi connectivity index (χ1v) is 12.0. The maximum absolute atomic E-state index is 12.0. The Labute approximate surface area is 215 Å². The lowest BCUT2D eigenvalue weighted by Crippen LogP contribution is -1.99. The fourth-order valence-electron chi connectivity index (χ4n) is 4.50. The molecule has 0 aliphatic heterocycles. The molecule has 6 rings (SSSR count). The molecule has 6 aromatic rings. The third-order valence-electron chi connectivity index (χ3n) is 6.20. The molecule has 0 aliphatic carbocycles. The van der Waals surface area contributed by atoms with Gasteiger partial charge in [-0.15, -0.1) is 0 Å². The van der Waals surface area contributed by atoms with Crippen LogP contribution in [0.2, 0.25) is 0 Å². The lowest BCUT2D eigenvalue weighted by atomic mass is 10.0. The second-order valence-corrected chi connectivity index (χ2v) is 8.82. The molecule has 4 aromatic carbocycles. The summed E-state index contributed by atoms with van der Waals surface area (Å²) >= 11 is 1.61. The first-order valence-electron chi connectivity index (χ1n) is 11.1. The molecule has 1 N–H and O–H groups in total. The number of aromatic nitrogens is 2. The van der Waals surface area contributed by atoms with Crippen LogP contribution in [-0.4, -0.2) is 15.9 Å². The molecular formula is C29H19IN2O3. The van der Waals surface area contributed by atoms with E-state index in [0.29, 0.717) is 5.56 Å². The highest BCUT2D eigenvalue weighted by Crippen LogP contribution is 2.37. The van der Waals surface area contributed by atoms with Gasteiger partial charge in [-0.25, -0.2) is 9.78 Å². The van der Waals surface area contributed by atoms with E-state index in [1.165, 1.54) is 0 Å². The minimum Gasteiger partial charge on any atom is -0.456 e. The number of hydrogen-bond acceptors (Lipinski definition) is 4. The predicted octanol–water partition coefficient (Wildman–Crippen LogP) is 8.13. The number of rotatable bonds is 4. The summed E-state index contributed by atoms with van der Waals surface area (Å²) in [6.07, 6.45) is 0. The Bertz CT molecular complexity index is 1720. The van der Waals surface area contributed by atoms with E-state index in [4.69, 9.17) is 12.5 Å². The largest absolute Gasteiger partial charge is 0.456 e. The highest BCUT2D eigenvalue weighted by molar-refractivity contribution is 14.1. The average molecular weight is 570 g/mol. The molecule has 6 heteroatoms. The zero-order valence-electron chi connectivity index (χ0n) is 18.7. The minimum absolute atomic E-state index is 0.369. The Morgan fingerprint density at radius 1 is 0.857 bits per heavy atom. The number of nitrogens with zero attached hydrogens (tertiary/aromatic N) is 1. The van der Waals surface area contributed by atoms with Crippen LogP contribution in [0.5, 0.6) is 0 Å². The Morgan fingerprint density at radius 2 is 1.63 bits per heavy atom. The Hall–Kier alpha value is -3.91. The van der Waals surface area contributed by atoms with Crippen molar-refractivity contribution in [1.29, 1.82) is 0 Å². The van der Waals surface area contributed by atoms with Crippen LogP contribution < -0.4 is 0 Å². The molecule has 2 heterocycles. The van der Waals surface area contributed by atoms with Crippen LogP contribution in [0, 0.1) is 6.92 Å². The first kappa shape index (κ1) is 21.6. The number of imidazole rings is 1. The van der Waals surface area contributed by atoms with Crippen molar-refractivity contribution < 1.29 is 12.3 Å². The van der Waals surface area contributed by atoms with Crippen molar-refractivity contribution in [2.45, 2.75) is 6.92 Å². The molecule has 2 aromatic heterocycles. The fourth-order valence-corrected chi connectivity index (χ4v) is 4.75. The molecule has 0 unspecified atom stereocenters. The Morgan fingerprint density at radius 3 is 2.43 bits per heavy atom. The standard InChI is InChI=1S/C29H19IN2O3/c1-17-15-20(29(33)35-30)11-13-21(17)28-31-26(18-7-3-2-4-8-18)27(32-28)19-12-14-25-23(16-19)22-9-5-6-10-24(22)34-25/h2-16H,1H3,(H,31,32). The van der Waals surface area contributed by atoms with Crippen LogP contribution in [0.1, 0.15) is 15.9 Å². The normalized spacial score (nSPS) is 11.3. The summed E-state index contributed by atoms with van der Waals surface area (Å²) in [6.45, 7) is 1.97. The summed E-state index contributed by atoms with van der Waals surface area (Å²) in [7, 11) is 0. The summed E-state index contributed by atoms with van der Waals surface area (Å²) in [6, 6.07) is 29.9. The SMILES string of the molecule is Cc1cc(C(=O)OI)ccc1-c1nc(-c2ccc3oc4ccccc4c3c2)c(-c2ccccc2)[nH]1. The third kappa shape index (κ3) is 3.80. The van der Waals surface area contributed by atoms with Crippen molar-refractivity contribution in [3.8, 4) is 33.9 Å². The fraction of sp³-hybridized carbons (Fsp3) is 0.0345. The maximum Gasteiger partial charge on any atom is 0.347 e. The van der Waals surface area contributed by atoms with Crippen molar-refractivity contribution in [3.05, 3.63) is 102 Å². The molecule has 0 saturated heterocycles. The molecule has 0 aliphatic rings. The number of carbonyl (C=O) groups excluding carboxylic acids is 1. The quantitative estimate of drug-likeness (QED) is 0.218. The van der Waals surface area contributed by atoms with Gasteiger partial charge in [-0.05, 0) is 48.9 Å². The van der Waals surface area contributed by atoms with Gasteiger partial charge in [0.2, 0.25) is 0 Å². The number of H-pyrrole nitrogens is 1. The molecular weight excluding hydrogens is 551 g/mol. The minimum atomic E-state index is -0.369. The summed E-state index contributed by atoms with van der Waals surface area (Å²) in [5.74, 6) is 0.369. The van der Waals surface area contributed by atoms with E-state index in [0.717, 1.165) is 61.4 Å². The zero-order valence-corrected chi connectivity index (χ0v) is 20.9. The van der Waals surface area contributed by atoms with Crippen LogP contribution in [0.3, 0.4) is 0 Å². The predicted molar refractivity (Wildman–Crippen MR) is 146 cm³/mol. The van der Waals surface area contributed by atoms with Crippen molar-refractivity contribution in [1.82, 2.24) is 9.97 Å². The number of carbonyl (C=O) groups is 1. The van der Waals surface area contributed by atoms with Gasteiger partial charge in [0, 0.05) is 27.5 Å². The van der Waals surface area contributed by atoms with Gasteiger partial charge >= 0.3 is 5.97 Å². The molecule has 0 atom stereocenters. The monoisotopic (exact) mass is 570 g/mol. The van der Waals surface area contributed by atoms with Crippen LogP contribution in [0.15, 0.2) is 95.4 Å². The van der Waals surface area contributed by atoms with Gasteiger partial charge in [-0.2, -0.15) is 0 Å². The van der Waals surface area contributed by atoms with Gasteiger partial charge in [0.25, 0.3) is 0 Å². The second kappa shape index (κ2) is 8.70. The summed E-state index contributed by atoms with van der Waals surface area (Å²) in [5, 5.41) is 2.13. The number of nitrogens with one attached hydrogen (secondary N) is 1. The van der Waals surface area contributed by atoms with Crippen molar-refractivity contribution in [2.75, 3.05) is 0 Å². The Balaban J connectivity index is 1.54. The summed E-state index contributed by atoms with van der Waals surface area (Å²) in [5.41, 5.74) is 7.90. The van der Waals surface area contributed by atoms with E-state index >= 15 is 0 Å². The molecule has 0 amide bonds. The van der Waals surface area contributed by atoms with E-state index in [2.05, 4.69) is 29.2 Å². The Kier molecular flexibility index (Phi) is 5.37. The lowest BCUT2D eigenvalue weighted by molar-refractivity contribution is 0.0800. The van der Waals surface area contributed by atoms with E-state index in [1.54, 1.807) is 29.1 Å². The molecule has 0 bridgehead atoms. The van der Waals surface area contributed by atoms with Gasteiger partial charge in [0.1, 0.15) is 17.0 Å². The van der Waals surface area contributed by atoms with E-state index in [9.17, 15) is 4.79 Å². The van der Waals surface area contributed by atoms with Gasteiger partial charge in [0.15, 0.2) is 23.0 Å². The number of fused-ring (bicyclic) bond motifs is 3. The molecule has 0 radical (unpaired) electrons. The molecule has 170 valence electrons. The maximum atomic E-state index is 12.0. The first-order chi connectivity index (χ1) is 17.1. The number of halogens is 1. The van der Waals surface area contributed by atoms with Gasteiger partial charge in [-0.3, -0.25) is 0 Å². The van der Waals surface area contributed by atoms with Crippen LogP contribution >= 0.6 is 23.0 Å². The summed E-state index contributed by atoms with van der Waals surface area (Å²) in [4.78, 5) is 20.6. The van der Waals surface area contributed by atoms with E-state index in [-0.39, 0.29) is 5.97 Å². The average Bonchev–Trinajstić information content (AvgIpc) is 3.50. The summed E-state index contributed by atoms with van der Waals surface area (Å²) < 4.78 is 10.9. The number of aryl methyl sites for hydroxylation is 1. The van der Waals surface area contributed by atoms with E-state index in [1.807, 2.05) is 67.6 Å². The van der Waals surface area contributed by atoms with Gasteiger partial charge in [0.05, 0.1) is 17.0 Å². The van der Waals surface area contributed by atoms with E-state index < -0.39 is 0 Å². The van der Waals surface area contributed by atoms with Crippen LogP contribution in [-0.2, 0) is 3.07 Å². The van der Waals surface area contributed by atoms with Crippen molar-refractivity contribution in [3.63, 3.8) is 0 Å². The highest BCUT2D eigenvalue weighted by Gasteiger charge is 2.18. The number of furan rings is 1. The molecule has 35 heavy (non-hydrogen) atoms. The number of aromatic amines is 1. The molecule has 0 fully saturated rings. The number of hydrogen-bond donors (Lipinski definition) is 1. The second-order valence-electron chi connectivity index (χ2n) is 8.38. The zero-order chi connectivity index (χ0) is 23.9. The number of para-hydroxylation sites is 1. The highest BCUT2D eigenvalue weighted by atomic mass is 127. The third-order valence-corrected chi connectivity index (χ3v) is 6.60.